The first kappa shape index (κ1) is 15.4. The zero-order valence-corrected chi connectivity index (χ0v) is 13.9. The lowest BCUT2D eigenvalue weighted by Crippen LogP contribution is -2.44. The smallest absolute Gasteiger partial charge is 0.191 e. The van der Waals surface area contributed by atoms with Crippen LogP contribution in [-0.2, 0) is 4.74 Å². The third-order valence-corrected chi connectivity index (χ3v) is 4.50. The van der Waals surface area contributed by atoms with Crippen LogP contribution in [0, 0.1) is 0 Å². The Bertz CT molecular complexity index is 316. The molecule has 1 saturated heterocycles. The molecule has 110 valence electrons. The van der Waals surface area contributed by atoms with Crippen molar-refractivity contribution in [1.29, 1.82) is 0 Å². The fraction of sp³-hybridized carbons (Fsp3) is 0.929. The van der Waals surface area contributed by atoms with E-state index in [1.165, 1.54) is 44.9 Å². The predicted octanol–water partition coefficient (Wildman–Crippen LogP) is 2.43. The number of hydrogen-bond acceptors (Lipinski definition) is 4. The minimum atomic E-state index is 0. The van der Waals surface area contributed by atoms with Gasteiger partial charge in [0.05, 0.1) is 11.7 Å². The van der Waals surface area contributed by atoms with E-state index in [0.29, 0.717) is 6.10 Å². The molecule has 3 aliphatic rings. The summed E-state index contributed by atoms with van der Waals surface area (Å²) in [6, 6.07) is 0. The fourth-order valence-corrected chi connectivity index (χ4v) is 3.46. The van der Waals surface area contributed by atoms with Gasteiger partial charge in [-0.2, -0.15) is 0 Å². The summed E-state index contributed by atoms with van der Waals surface area (Å²) in [4.78, 5) is 4.43. The first-order valence-electron chi connectivity index (χ1n) is 7.56. The summed E-state index contributed by atoms with van der Waals surface area (Å²) in [5.41, 5.74) is 0.242. The molecule has 0 aromatic carbocycles. The Labute approximate surface area is 133 Å². The molecule has 1 unspecified atom stereocenters. The quantitative estimate of drug-likeness (QED) is 0.725. The second-order valence-electron chi connectivity index (χ2n) is 5.91. The number of aliphatic imine (C=N–C) groups is 1. The normalized spacial score (nSPS) is 29.3. The Morgan fingerprint density at radius 2 is 2.05 bits per heavy atom. The van der Waals surface area contributed by atoms with Gasteiger partial charge in [0.1, 0.15) is 0 Å². The number of nitrogens with zero attached hydrogens (tertiary/aromatic N) is 1. The van der Waals surface area contributed by atoms with Crippen molar-refractivity contribution in [2.24, 2.45) is 4.99 Å². The highest BCUT2D eigenvalue weighted by Crippen LogP contribution is 2.41. The van der Waals surface area contributed by atoms with Crippen molar-refractivity contribution in [3.8, 4) is 0 Å². The van der Waals surface area contributed by atoms with Crippen LogP contribution in [0.1, 0.15) is 51.4 Å². The molecule has 19 heavy (non-hydrogen) atoms. The van der Waals surface area contributed by atoms with Gasteiger partial charge in [0.2, 0.25) is 0 Å². The van der Waals surface area contributed by atoms with Gasteiger partial charge in [0, 0.05) is 19.6 Å². The van der Waals surface area contributed by atoms with E-state index in [2.05, 4.69) is 15.6 Å². The van der Waals surface area contributed by atoms with Crippen molar-refractivity contribution in [2.75, 3.05) is 19.6 Å². The maximum absolute atomic E-state index is 6.34. The van der Waals surface area contributed by atoms with Crippen LogP contribution >= 0.6 is 24.0 Å². The molecule has 4 nitrogen and oxygen atoms in total. The van der Waals surface area contributed by atoms with Gasteiger partial charge in [0.15, 0.2) is 5.96 Å². The van der Waals surface area contributed by atoms with Gasteiger partial charge in [-0.1, -0.05) is 19.3 Å². The summed E-state index contributed by atoms with van der Waals surface area (Å²) in [5, 5.41) is 6.70. The molecule has 2 fully saturated rings. The third kappa shape index (κ3) is 3.97. The molecule has 2 aliphatic heterocycles. The van der Waals surface area contributed by atoms with Gasteiger partial charge in [0.25, 0.3) is 0 Å². The van der Waals surface area contributed by atoms with Crippen LogP contribution in [0.25, 0.3) is 0 Å². The topological polar surface area (TPSA) is 45.7 Å². The molecule has 0 bridgehead atoms. The summed E-state index contributed by atoms with van der Waals surface area (Å²) in [6.07, 6.45) is 10.7. The minimum Gasteiger partial charge on any atom is -0.370 e. The summed E-state index contributed by atoms with van der Waals surface area (Å²) in [6.45, 7) is 2.90. The Morgan fingerprint density at radius 1 is 1.21 bits per heavy atom. The molecule has 2 heterocycles. The largest absolute Gasteiger partial charge is 0.370 e. The van der Waals surface area contributed by atoms with Gasteiger partial charge >= 0.3 is 0 Å². The highest BCUT2D eigenvalue weighted by Gasteiger charge is 2.40. The van der Waals surface area contributed by atoms with Crippen LogP contribution < -0.4 is 10.6 Å². The fourth-order valence-electron chi connectivity index (χ4n) is 3.46. The minimum absolute atomic E-state index is 0. The van der Waals surface area contributed by atoms with Crippen LogP contribution in [0.4, 0.5) is 0 Å². The van der Waals surface area contributed by atoms with Gasteiger partial charge < -0.3 is 15.4 Å². The highest BCUT2D eigenvalue weighted by atomic mass is 127. The van der Waals surface area contributed by atoms with E-state index in [1.54, 1.807) is 0 Å². The molecule has 0 radical (unpaired) electrons. The van der Waals surface area contributed by atoms with E-state index in [0.717, 1.165) is 32.0 Å². The number of guanidine groups is 1. The highest BCUT2D eigenvalue weighted by molar-refractivity contribution is 14.0. The Balaban J connectivity index is 0.00000133. The third-order valence-electron chi connectivity index (χ3n) is 4.50. The Kier molecular flexibility index (Phi) is 5.74. The molecule has 2 N–H and O–H groups in total. The van der Waals surface area contributed by atoms with E-state index in [1.807, 2.05) is 0 Å². The summed E-state index contributed by atoms with van der Waals surface area (Å²) in [5.74, 6) is 0.967. The molecule has 1 saturated carbocycles. The maximum atomic E-state index is 6.34. The molecule has 0 amide bonds. The van der Waals surface area contributed by atoms with Gasteiger partial charge in [-0.25, -0.2) is 0 Å². The maximum Gasteiger partial charge on any atom is 0.191 e. The first-order chi connectivity index (χ1) is 8.86. The average molecular weight is 379 g/mol. The predicted molar refractivity (Wildman–Crippen MR) is 88.3 cm³/mol. The molecule has 0 aromatic heterocycles. The number of hydrogen-bond donors (Lipinski definition) is 2. The molecule has 0 aromatic rings. The number of ether oxygens (including phenoxy) is 1. The van der Waals surface area contributed by atoms with Crippen molar-refractivity contribution in [3.05, 3.63) is 0 Å². The molecule has 3 rings (SSSR count). The van der Waals surface area contributed by atoms with Crippen LogP contribution in [0.15, 0.2) is 4.99 Å². The van der Waals surface area contributed by atoms with Gasteiger partial charge in [-0.15, -0.1) is 24.0 Å². The lowest BCUT2D eigenvalue weighted by Gasteiger charge is -2.33. The number of nitrogens with one attached hydrogen (secondary N) is 2. The zero-order chi connectivity index (χ0) is 12.3. The van der Waals surface area contributed by atoms with Crippen molar-refractivity contribution in [1.82, 2.24) is 10.6 Å². The summed E-state index contributed by atoms with van der Waals surface area (Å²) in [7, 11) is 0. The number of rotatable bonds is 2. The molecule has 5 heteroatoms. The van der Waals surface area contributed by atoms with Crippen molar-refractivity contribution in [2.45, 2.75) is 63.1 Å². The van der Waals surface area contributed by atoms with Crippen molar-refractivity contribution in [3.63, 3.8) is 0 Å². The second kappa shape index (κ2) is 7.11. The Morgan fingerprint density at radius 3 is 2.79 bits per heavy atom. The zero-order valence-electron chi connectivity index (χ0n) is 11.6. The molecule has 1 spiro atoms. The molecular formula is C14H26IN3O. The van der Waals surface area contributed by atoms with Crippen molar-refractivity contribution >= 4 is 29.9 Å². The summed E-state index contributed by atoms with van der Waals surface area (Å²) < 4.78 is 6.34. The molecule has 1 atom stereocenters. The average Bonchev–Trinajstić information content (AvgIpc) is 2.82. The van der Waals surface area contributed by atoms with E-state index < -0.39 is 0 Å². The monoisotopic (exact) mass is 379 g/mol. The van der Waals surface area contributed by atoms with Crippen LogP contribution in [0.5, 0.6) is 0 Å². The van der Waals surface area contributed by atoms with Crippen LogP contribution in [-0.4, -0.2) is 37.3 Å². The second-order valence-corrected chi connectivity index (χ2v) is 5.91. The van der Waals surface area contributed by atoms with E-state index in [-0.39, 0.29) is 29.6 Å². The van der Waals surface area contributed by atoms with Crippen LogP contribution in [0.2, 0.25) is 0 Å². The van der Waals surface area contributed by atoms with E-state index >= 15 is 0 Å². The lowest BCUT2D eigenvalue weighted by atomic mass is 9.83. The van der Waals surface area contributed by atoms with E-state index in [9.17, 15) is 0 Å². The Hall–Kier alpha value is -0.0400. The van der Waals surface area contributed by atoms with Gasteiger partial charge in [-0.3, -0.25) is 4.99 Å². The number of halogens is 1. The first-order valence-corrected chi connectivity index (χ1v) is 7.56. The standard InChI is InChI=1S/C14H25N3O.HI/c1-2-6-14(7-3-1)8-5-12(18-14)11-17-13-15-9-4-10-16-13;/h12H,1-11H2,(H2,15,16,17);1H. The van der Waals surface area contributed by atoms with Crippen LogP contribution in [0.3, 0.4) is 0 Å². The lowest BCUT2D eigenvalue weighted by molar-refractivity contribution is -0.0612. The molecular weight excluding hydrogens is 353 g/mol. The SMILES string of the molecule is C1CCC2(CC1)CCC(CNC1=NCCCN1)O2.I. The van der Waals surface area contributed by atoms with E-state index in [4.69, 9.17) is 4.74 Å². The van der Waals surface area contributed by atoms with Gasteiger partial charge in [-0.05, 0) is 32.1 Å². The summed E-state index contributed by atoms with van der Waals surface area (Å²) >= 11 is 0. The molecule has 1 aliphatic carbocycles. The van der Waals surface area contributed by atoms with Crippen molar-refractivity contribution < 1.29 is 4.74 Å².